The van der Waals surface area contributed by atoms with Gasteiger partial charge in [0.2, 0.25) is 10.0 Å². The summed E-state index contributed by atoms with van der Waals surface area (Å²) in [5, 5.41) is 1.10. The quantitative estimate of drug-likeness (QED) is 0.582. The van der Waals surface area contributed by atoms with Gasteiger partial charge < -0.3 is 0 Å². The maximum absolute atomic E-state index is 10.4. The maximum atomic E-state index is 10.4. The van der Waals surface area contributed by atoms with Crippen LogP contribution in [0.25, 0.3) is 0 Å². The Hall–Kier alpha value is -0.350. The van der Waals surface area contributed by atoms with Crippen LogP contribution in [0.4, 0.5) is 0 Å². The van der Waals surface area contributed by atoms with E-state index in [0.29, 0.717) is 0 Å². The van der Waals surface area contributed by atoms with Gasteiger partial charge in [-0.2, -0.15) is 0 Å². The molecule has 0 aliphatic rings. The fourth-order valence-corrected chi connectivity index (χ4v) is 0.742. The van der Waals surface area contributed by atoms with Crippen molar-refractivity contribution in [2.75, 3.05) is 7.05 Å². The summed E-state index contributed by atoms with van der Waals surface area (Å²) in [5.41, 5.74) is 0. The first kappa shape index (κ1) is 7.65. The summed E-state index contributed by atoms with van der Waals surface area (Å²) in [5.74, 6) is 0. The van der Waals surface area contributed by atoms with Crippen molar-refractivity contribution >= 4 is 10.0 Å². The summed E-state index contributed by atoms with van der Waals surface area (Å²) in [6, 6.07) is 0. The largest absolute Gasteiger partial charge is 0.233 e. The van der Waals surface area contributed by atoms with Gasteiger partial charge in [-0.1, -0.05) is 6.08 Å². The van der Waals surface area contributed by atoms with Crippen molar-refractivity contribution in [2.45, 2.75) is 6.92 Å². The molecule has 48 valence electrons. The van der Waals surface area contributed by atoms with E-state index >= 15 is 0 Å². The van der Waals surface area contributed by atoms with Crippen molar-refractivity contribution < 1.29 is 8.42 Å². The summed E-state index contributed by atoms with van der Waals surface area (Å²) in [6.45, 7) is 1.65. The first-order chi connectivity index (χ1) is 3.62. The first-order valence-electron chi connectivity index (χ1n) is 2.18. The lowest BCUT2D eigenvalue weighted by Gasteiger charge is -1.89. The molecule has 0 saturated carbocycles. The minimum Gasteiger partial charge on any atom is -0.215 e. The van der Waals surface area contributed by atoms with Crippen molar-refractivity contribution in [2.24, 2.45) is 0 Å². The number of hydrogen-bond donors (Lipinski definition) is 1. The second-order valence-corrected chi connectivity index (χ2v) is 2.99. The van der Waals surface area contributed by atoms with Gasteiger partial charge in [0, 0.05) is 5.41 Å². The van der Waals surface area contributed by atoms with Crippen LogP contribution in [0.1, 0.15) is 6.92 Å². The molecule has 0 radical (unpaired) electrons. The molecule has 1 N–H and O–H groups in total. The van der Waals surface area contributed by atoms with Crippen molar-refractivity contribution in [1.82, 2.24) is 4.72 Å². The minimum atomic E-state index is -3.10. The number of rotatable bonds is 2. The Morgan fingerprint density at radius 2 is 2.00 bits per heavy atom. The summed E-state index contributed by atoms with van der Waals surface area (Å²) >= 11 is 0. The molecule has 0 bridgehead atoms. The van der Waals surface area contributed by atoms with Gasteiger partial charge in [0.1, 0.15) is 0 Å². The van der Waals surface area contributed by atoms with E-state index in [1.54, 1.807) is 6.92 Å². The molecule has 3 nitrogen and oxygen atoms in total. The SMILES string of the molecule is C/C=C\S(=O)(=O)NC. The molecule has 0 aromatic carbocycles. The lowest BCUT2D eigenvalue weighted by molar-refractivity contribution is 0.597. The Kier molecular flexibility index (Phi) is 2.71. The smallest absolute Gasteiger partial charge is 0.215 e. The number of allylic oxidation sites excluding steroid dienone is 1. The van der Waals surface area contributed by atoms with Crippen LogP contribution in [-0.2, 0) is 10.0 Å². The molecule has 0 atom stereocenters. The second kappa shape index (κ2) is 2.84. The number of hydrogen-bond acceptors (Lipinski definition) is 2. The fourth-order valence-electron chi connectivity index (χ4n) is 0.247. The Morgan fingerprint density at radius 1 is 1.50 bits per heavy atom. The van der Waals surface area contributed by atoms with E-state index in [1.807, 2.05) is 0 Å². The third-order valence-corrected chi connectivity index (χ3v) is 1.80. The van der Waals surface area contributed by atoms with Gasteiger partial charge in [-0.15, -0.1) is 0 Å². The van der Waals surface area contributed by atoms with Crippen molar-refractivity contribution in [3.8, 4) is 0 Å². The summed E-state index contributed by atoms with van der Waals surface area (Å²) in [6.07, 6.45) is 1.46. The van der Waals surface area contributed by atoms with Gasteiger partial charge in [-0.05, 0) is 14.0 Å². The standard InChI is InChI=1S/C4H9NO2S/c1-3-4-8(6,7)5-2/h3-5H,1-2H3/b4-3-. The zero-order valence-corrected chi connectivity index (χ0v) is 5.70. The topological polar surface area (TPSA) is 46.2 Å². The normalized spacial score (nSPS) is 12.8. The zero-order valence-electron chi connectivity index (χ0n) is 4.88. The van der Waals surface area contributed by atoms with Crippen LogP contribution < -0.4 is 4.72 Å². The van der Waals surface area contributed by atoms with Gasteiger partial charge in [0.05, 0.1) is 0 Å². The van der Waals surface area contributed by atoms with Gasteiger partial charge in [-0.25, -0.2) is 13.1 Å². The summed E-state index contributed by atoms with van der Waals surface area (Å²) in [7, 11) is -1.73. The van der Waals surface area contributed by atoms with Gasteiger partial charge in [0.15, 0.2) is 0 Å². The lowest BCUT2D eigenvalue weighted by Crippen LogP contribution is -2.14. The average molecular weight is 135 g/mol. The van der Waals surface area contributed by atoms with Crippen molar-refractivity contribution in [3.63, 3.8) is 0 Å². The Labute approximate surface area is 49.5 Å². The van der Waals surface area contributed by atoms with Crippen LogP contribution in [0.5, 0.6) is 0 Å². The molecule has 0 saturated heterocycles. The Morgan fingerprint density at radius 3 is 2.12 bits per heavy atom. The van der Waals surface area contributed by atoms with Crippen molar-refractivity contribution in [1.29, 1.82) is 0 Å². The lowest BCUT2D eigenvalue weighted by atomic mass is 10.8. The highest BCUT2D eigenvalue weighted by Crippen LogP contribution is 1.81. The highest BCUT2D eigenvalue weighted by atomic mass is 32.2. The van der Waals surface area contributed by atoms with E-state index in [-0.39, 0.29) is 0 Å². The van der Waals surface area contributed by atoms with Crippen LogP contribution in [0, 0.1) is 0 Å². The van der Waals surface area contributed by atoms with Crippen LogP contribution in [0.2, 0.25) is 0 Å². The number of sulfonamides is 1. The molecular weight excluding hydrogens is 126 g/mol. The number of nitrogens with one attached hydrogen (secondary N) is 1. The zero-order chi connectivity index (χ0) is 6.62. The van der Waals surface area contributed by atoms with Crippen LogP contribution in [0.3, 0.4) is 0 Å². The highest BCUT2D eigenvalue weighted by Gasteiger charge is 1.95. The molecule has 4 heteroatoms. The molecule has 0 aromatic rings. The second-order valence-electron chi connectivity index (χ2n) is 1.22. The first-order valence-corrected chi connectivity index (χ1v) is 3.73. The molecule has 0 amide bonds. The van der Waals surface area contributed by atoms with Gasteiger partial charge in [0.25, 0.3) is 0 Å². The molecule has 0 spiro atoms. The van der Waals surface area contributed by atoms with Gasteiger partial charge >= 0.3 is 0 Å². The Balaban J connectivity index is 4.17. The fraction of sp³-hybridized carbons (Fsp3) is 0.500. The molecule has 0 aliphatic heterocycles. The maximum Gasteiger partial charge on any atom is 0.233 e. The minimum absolute atomic E-state index is 1.10. The average Bonchev–Trinajstić information content (AvgIpc) is 1.67. The van der Waals surface area contributed by atoms with Crippen LogP contribution >= 0.6 is 0 Å². The predicted molar refractivity (Wildman–Crippen MR) is 32.8 cm³/mol. The summed E-state index contributed by atoms with van der Waals surface area (Å²) in [4.78, 5) is 0. The van der Waals surface area contributed by atoms with E-state index in [9.17, 15) is 8.42 Å². The highest BCUT2D eigenvalue weighted by molar-refractivity contribution is 7.92. The van der Waals surface area contributed by atoms with E-state index in [0.717, 1.165) is 5.41 Å². The van der Waals surface area contributed by atoms with E-state index in [4.69, 9.17) is 0 Å². The Bertz CT molecular complexity index is 168. The third kappa shape index (κ3) is 2.76. The van der Waals surface area contributed by atoms with E-state index < -0.39 is 10.0 Å². The van der Waals surface area contributed by atoms with Crippen LogP contribution in [-0.4, -0.2) is 15.5 Å². The predicted octanol–water partition coefficient (Wildman–Crippen LogP) is 0.0692. The molecule has 0 aliphatic carbocycles. The molecular formula is C4H9NO2S. The molecule has 0 unspecified atom stereocenters. The van der Waals surface area contributed by atoms with Crippen LogP contribution in [0.15, 0.2) is 11.5 Å². The van der Waals surface area contributed by atoms with E-state index in [2.05, 4.69) is 4.72 Å². The van der Waals surface area contributed by atoms with Gasteiger partial charge in [-0.3, -0.25) is 0 Å². The molecule has 0 fully saturated rings. The molecule has 0 heterocycles. The molecule has 8 heavy (non-hydrogen) atoms. The molecule has 0 rings (SSSR count). The summed E-state index contributed by atoms with van der Waals surface area (Å²) < 4.78 is 22.9. The monoisotopic (exact) mass is 135 g/mol. The van der Waals surface area contributed by atoms with Crippen molar-refractivity contribution in [3.05, 3.63) is 11.5 Å². The van der Waals surface area contributed by atoms with E-state index in [1.165, 1.54) is 13.1 Å². The molecule has 0 aromatic heterocycles. The third-order valence-electron chi connectivity index (χ3n) is 0.600.